The third-order valence-corrected chi connectivity index (χ3v) is 9.39. The zero-order chi connectivity index (χ0) is 25.2. The second-order valence-electron chi connectivity index (χ2n) is 10.0. The Morgan fingerprint density at radius 1 is 1.11 bits per heavy atom. The molecule has 190 valence electrons. The summed E-state index contributed by atoms with van der Waals surface area (Å²) in [6.45, 7) is 4.29. The standard InChI is InChI=1S/C23H28F3N5O3S/c1-15-3-5-16(6-4-15)35(33,34)30-11-9-29(10-12-30)21(32)17-13-20-27-18(22(2)7-8-22)14-19(23(24,25)26)31(20)28-17/h3-6,13,18-19,27H,7-12,14H2,1-2H3/t18-,19+/m0/s1. The van der Waals surface area contributed by atoms with Crippen LogP contribution in [0.3, 0.4) is 0 Å². The van der Waals surface area contributed by atoms with Crippen molar-refractivity contribution >= 4 is 21.7 Å². The fraction of sp³-hybridized carbons (Fsp3) is 0.565. The van der Waals surface area contributed by atoms with Crippen molar-refractivity contribution < 1.29 is 26.4 Å². The van der Waals surface area contributed by atoms with Crippen molar-refractivity contribution in [2.75, 3.05) is 31.5 Å². The fourth-order valence-electron chi connectivity index (χ4n) is 4.83. The normalized spacial score (nSPS) is 24.5. The molecule has 0 spiro atoms. The van der Waals surface area contributed by atoms with Crippen molar-refractivity contribution in [2.45, 2.75) is 56.3 Å². The lowest BCUT2D eigenvalue weighted by atomic mass is 9.90. The highest BCUT2D eigenvalue weighted by Gasteiger charge is 2.53. The topological polar surface area (TPSA) is 87.5 Å². The highest BCUT2D eigenvalue weighted by atomic mass is 32.2. The molecule has 1 saturated carbocycles. The van der Waals surface area contributed by atoms with E-state index in [1.54, 1.807) is 24.3 Å². The monoisotopic (exact) mass is 511 g/mol. The number of nitrogens with zero attached hydrogens (tertiary/aromatic N) is 4. The summed E-state index contributed by atoms with van der Waals surface area (Å²) in [6.07, 6.45) is -2.88. The Labute approximate surface area is 202 Å². The van der Waals surface area contributed by atoms with Gasteiger partial charge in [0.15, 0.2) is 11.7 Å². The van der Waals surface area contributed by atoms with Gasteiger partial charge in [0.1, 0.15) is 5.82 Å². The number of halogens is 3. The molecule has 1 saturated heterocycles. The summed E-state index contributed by atoms with van der Waals surface area (Å²) in [5.41, 5.74) is 0.697. The van der Waals surface area contributed by atoms with E-state index in [4.69, 9.17) is 0 Å². The number of fused-ring (bicyclic) bond motifs is 1. The summed E-state index contributed by atoms with van der Waals surface area (Å²) < 4.78 is 69.5. The molecule has 8 nitrogen and oxygen atoms in total. The molecule has 2 aromatic rings. The van der Waals surface area contributed by atoms with Crippen LogP contribution in [-0.2, 0) is 10.0 Å². The summed E-state index contributed by atoms with van der Waals surface area (Å²) in [5.74, 6) is -0.308. The predicted octanol–water partition coefficient (Wildman–Crippen LogP) is 3.43. The maximum absolute atomic E-state index is 13.8. The number of sulfonamides is 1. The van der Waals surface area contributed by atoms with Crippen molar-refractivity contribution in [3.8, 4) is 0 Å². The average molecular weight is 512 g/mol. The van der Waals surface area contributed by atoms with Crippen molar-refractivity contribution in [1.29, 1.82) is 0 Å². The number of hydrogen-bond donors (Lipinski definition) is 1. The number of alkyl halides is 3. The fourth-order valence-corrected chi connectivity index (χ4v) is 6.26. The zero-order valence-corrected chi connectivity index (χ0v) is 20.4. The van der Waals surface area contributed by atoms with Gasteiger partial charge in [-0.05, 0) is 43.7 Å². The van der Waals surface area contributed by atoms with Gasteiger partial charge < -0.3 is 10.2 Å². The maximum atomic E-state index is 13.8. The molecule has 2 fully saturated rings. The molecule has 0 bridgehead atoms. The van der Waals surface area contributed by atoms with Gasteiger partial charge in [-0.1, -0.05) is 24.6 Å². The van der Waals surface area contributed by atoms with E-state index in [1.807, 2.05) is 13.8 Å². The molecule has 5 rings (SSSR count). The third-order valence-electron chi connectivity index (χ3n) is 7.47. The number of nitrogens with one attached hydrogen (secondary N) is 1. The Morgan fingerprint density at radius 2 is 1.74 bits per heavy atom. The van der Waals surface area contributed by atoms with Gasteiger partial charge in [-0.15, -0.1) is 0 Å². The van der Waals surface area contributed by atoms with Gasteiger partial charge in [0.2, 0.25) is 10.0 Å². The molecule has 1 N–H and O–H groups in total. The molecule has 2 atom stereocenters. The van der Waals surface area contributed by atoms with Gasteiger partial charge in [-0.3, -0.25) is 4.79 Å². The number of aryl methyl sites for hydroxylation is 1. The molecular formula is C23H28F3N5O3S. The van der Waals surface area contributed by atoms with E-state index in [0.29, 0.717) is 0 Å². The van der Waals surface area contributed by atoms with Crippen LogP contribution in [0.4, 0.5) is 19.0 Å². The number of carbonyl (C=O) groups excluding carboxylic acids is 1. The molecule has 35 heavy (non-hydrogen) atoms. The molecule has 1 amide bonds. The molecule has 1 aromatic heterocycles. The summed E-state index contributed by atoms with van der Waals surface area (Å²) in [5, 5.41) is 7.22. The number of benzene rings is 1. The van der Waals surface area contributed by atoms with Crippen molar-refractivity contribution in [3.05, 3.63) is 41.6 Å². The van der Waals surface area contributed by atoms with Crippen molar-refractivity contribution in [3.63, 3.8) is 0 Å². The number of piperazine rings is 1. The third kappa shape index (κ3) is 4.42. The van der Waals surface area contributed by atoms with Gasteiger partial charge in [0.05, 0.1) is 4.90 Å². The minimum Gasteiger partial charge on any atom is -0.367 e. The summed E-state index contributed by atoms with van der Waals surface area (Å²) >= 11 is 0. The molecule has 1 aliphatic carbocycles. The molecule has 0 radical (unpaired) electrons. The van der Waals surface area contributed by atoms with Crippen LogP contribution in [0.1, 0.15) is 48.3 Å². The summed E-state index contributed by atoms with van der Waals surface area (Å²) in [6, 6.07) is 5.81. The molecule has 3 aliphatic rings. The van der Waals surface area contributed by atoms with Gasteiger partial charge in [0, 0.05) is 38.3 Å². The van der Waals surface area contributed by atoms with E-state index in [9.17, 15) is 26.4 Å². The van der Waals surface area contributed by atoms with Crippen LogP contribution >= 0.6 is 0 Å². The molecule has 0 unspecified atom stereocenters. The van der Waals surface area contributed by atoms with Crippen molar-refractivity contribution in [1.82, 2.24) is 19.0 Å². The Hall–Kier alpha value is -2.60. The van der Waals surface area contributed by atoms with Crippen LogP contribution in [-0.4, -0.2) is 71.7 Å². The molecular weight excluding hydrogens is 483 g/mol. The maximum Gasteiger partial charge on any atom is 0.410 e. The lowest BCUT2D eigenvalue weighted by molar-refractivity contribution is -0.174. The van der Waals surface area contributed by atoms with Crippen LogP contribution < -0.4 is 5.32 Å². The minimum atomic E-state index is -4.48. The first-order chi connectivity index (χ1) is 16.4. The average Bonchev–Trinajstić information content (AvgIpc) is 3.42. The Kier molecular flexibility index (Phi) is 5.67. The van der Waals surface area contributed by atoms with Gasteiger partial charge in [0.25, 0.3) is 5.91 Å². The Bertz CT molecular complexity index is 1230. The minimum absolute atomic E-state index is 0.0711. The van der Waals surface area contributed by atoms with Crippen LogP contribution in [0.5, 0.6) is 0 Å². The number of aromatic nitrogens is 2. The lowest BCUT2D eigenvalue weighted by Crippen LogP contribution is -2.50. The Morgan fingerprint density at radius 3 is 2.31 bits per heavy atom. The van der Waals surface area contributed by atoms with Crippen LogP contribution in [0.15, 0.2) is 35.2 Å². The smallest absolute Gasteiger partial charge is 0.367 e. The molecule has 12 heteroatoms. The van der Waals surface area contributed by atoms with E-state index < -0.39 is 28.1 Å². The zero-order valence-electron chi connectivity index (χ0n) is 19.5. The number of amides is 1. The van der Waals surface area contributed by atoms with E-state index in [-0.39, 0.29) is 60.5 Å². The quantitative estimate of drug-likeness (QED) is 0.680. The first kappa shape index (κ1) is 24.1. The lowest BCUT2D eigenvalue weighted by Gasteiger charge is -2.36. The number of rotatable bonds is 4. The second kappa shape index (κ2) is 8.22. The highest BCUT2D eigenvalue weighted by Crippen LogP contribution is 2.54. The Balaban J connectivity index is 1.31. The van der Waals surface area contributed by atoms with E-state index in [0.717, 1.165) is 23.1 Å². The first-order valence-corrected chi connectivity index (χ1v) is 13.1. The van der Waals surface area contributed by atoms with Crippen LogP contribution in [0.2, 0.25) is 0 Å². The van der Waals surface area contributed by atoms with E-state index in [2.05, 4.69) is 10.4 Å². The SMILES string of the molecule is Cc1ccc(S(=O)(=O)N2CCN(C(=O)c3cc4n(n3)[C@@H](C(F)(F)F)C[C@@H](C3(C)CC3)N4)CC2)cc1. The summed E-state index contributed by atoms with van der Waals surface area (Å²) in [7, 11) is -3.69. The number of carbonyl (C=O) groups is 1. The predicted molar refractivity (Wildman–Crippen MR) is 123 cm³/mol. The van der Waals surface area contributed by atoms with E-state index >= 15 is 0 Å². The number of anilines is 1. The molecule has 1 aromatic carbocycles. The number of hydrogen-bond acceptors (Lipinski definition) is 5. The largest absolute Gasteiger partial charge is 0.410 e. The van der Waals surface area contributed by atoms with Gasteiger partial charge in [-0.2, -0.15) is 22.6 Å². The van der Waals surface area contributed by atoms with Crippen LogP contribution in [0.25, 0.3) is 0 Å². The molecule has 2 aliphatic heterocycles. The van der Waals surface area contributed by atoms with Gasteiger partial charge in [-0.25, -0.2) is 13.1 Å². The summed E-state index contributed by atoms with van der Waals surface area (Å²) in [4.78, 5) is 14.7. The second-order valence-corrected chi connectivity index (χ2v) is 12.0. The van der Waals surface area contributed by atoms with Crippen LogP contribution in [0, 0.1) is 12.3 Å². The highest BCUT2D eigenvalue weighted by molar-refractivity contribution is 7.89. The van der Waals surface area contributed by atoms with Gasteiger partial charge >= 0.3 is 6.18 Å². The van der Waals surface area contributed by atoms with Crippen molar-refractivity contribution in [2.24, 2.45) is 5.41 Å². The molecule has 3 heterocycles. The van der Waals surface area contributed by atoms with E-state index in [1.165, 1.54) is 15.3 Å². The first-order valence-electron chi connectivity index (χ1n) is 11.7.